The molecule has 1 aromatic heterocycles. The lowest BCUT2D eigenvalue weighted by molar-refractivity contribution is 0.178. The second kappa shape index (κ2) is 3.52. The Hall–Kier alpha value is -2.49. The molecule has 17 heavy (non-hydrogen) atoms. The number of amides is 1. The molecule has 0 saturated heterocycles. The standard InChI is InChI=1S/C13H10N2O2/c16-13(17)14-6-7-15-11(9-14)8-10-4-2-1-3-5-12(10)15/h1-9H,(H,16,17). The molecule has 2 aliphatic rings. The van der Waals surface area contributed by atoms with E-state index in [9.17, 15) is 4.79 Å². The lowest BCUT2D eigenvalue weighted by atomic mass is 10.3. The summed E-state index contributed by atoms with van der Waals surface area (Å²) in [5.41, 5.74) is 1.08. The van der Waals surface area contributed by atoms with Gasteiger partial charge < -0.3 is 9.67 Å². The van der Waals surface area contributed by atoms with E-state index in [4.69, 9.17) is 5.11 Å². The van der Waals surface area contributed by atoms with Gasteiger partial charge in [0, 0.05) is 24.2 Å². The highest BCUT2D eigenvalue weighted by Gasteiger charge is 2.11. The summed E-state index contributed by atoms with van der Waals surface area (Å²) in [7, 11) is 0. The number of hydrogen-bond donors (Lipinski definition) is 1. The fraction of sp³-hybridized carbons (Fsp3) is 0. The Morgan fingerprint density at radius 3 is 2.88 bits per heavy atom. The predicted molar refractivity (Wildman–Crippen MR) is 66.0 cm³/mol. The van der Waals surface area contributed by atoms with Crippen molar-refractivity contribution in [3.8, 4) is 0 Å². The second-order valence-electron chi connectivity index (χ2n) is 3.81. The molecule has 0 saturated carbocycles. The van der Waals surface area contributed by atoms with E-state index in [1.54, 1.807) is 12.4 Å². The highest BCUT2D eigenvalue weighted by atomic mass is 16.4. The van der Waals surface area contributed by atoms with Crippen molar-refractivity contribution in [2.24, 2.45) is 0 Å². The molecule has 0 fully saturated rings. The van der Waals surface area contributed by atoms with Crippen LogP contribution in [0.1, 0.15) is 5.56 Å². The molecule has 0 atom stereocenters. The number of carboxylic acid groups (broad SMARTS) is 1. The largest absolute Gasteiger partial charge is 0.464 e. The lowest BCUT2D eigenvalue weighted by Crippen LogP contribution is -2.31. The maximum absolute atomic E-state index is 10.9. The van der Waals surface area contributed by atoms with Crippen LogP contribution in [0.25, 0.3) is 24.6 Å². The van der Waals surface area contributed by atoms with Gasteiger partial charge in [0.15, 0.2) is 0 Å². The zero-order valence-corrected chi connectivity index (χ0v) is 8.95. The number of rotatable bonds is 0. The van der Waals surface area contributed by atoms with E-state index < -0.39 is 6.09 Å². The Labute approximate surface area is 97.4 Å². The Bertz CT molecular complexity index is 690. The summed E-state index contributed by atoms with van der Waals surface area (Å²) < 4.78 is 1.97. The molecule has 0 spiro atoms. The molecule has 0 bridgehead atoms. The third-order valence-electron chi connectivity index (χ3n) is 2.76. The summed E-state index contributed by atoms with van der Waals surface area (Å²) in [6.07, 6.45) is 13.8. The number of allylic oxidation sites excluding steroid dienone is 3. The summed E-state index contributed by atoms with van der Waals surface area (Å²) >= 11 is 0. The van der Waals surface area contributed by atoms with Crippen molar-refractivity contribution in [2.75, 3.05) is 0 Å². The van der Waals surface area contributed by atoms with Gasteiger partial charge in [-0.2, -0.15) is 0 Å². The van der Waals surface area contributed by atoms with E-state index in [-0.39, 0.29) is 0 Å². The summed E-state index contributed by atoms with van der Waals surface area (Å²) in [6.45, 7) is 0. The Kier molecular flexibility index (Phi) is 2.01. The summed E-state index contributed by atoms with van der Waals surface area (Å²) in [5.74, 6) is 0. The van der Waals surface area contributed by atoms with E-state index in [2.05, 4.69) is 0 Å². The molecule has 2 heterocycles. The van der Waals surface area contributed by atoms with Crippen LogP contribution in [-0.2, 0) is 0 Å². The molecular weight excluding hydrogens is 216 g/mol. The fourth-order valence-corrected chi connectivity index (χ4v) is 1.97. The van der Waals surface area contributed by atoms with E-state index in [0.29, 0.717) is 0 Å². The monoisotopic (exact) mass is 226 g/mol. The number of nitrogens with zero attached hydrogens (tertiary/aromatic N) is 2. The molecule has 1 amide bonds. The fourth-order valence-electron chi connectivity index (χ4n) is 1.97. The Morgan fingerprint density at radius 2 is 2.06 bits per heavy atom. The van der Waals surface area contributed by atoms with E-state index >= 15 is 0 Å². The van der Waals surface area contributed by atoms with Crippen LogP contribution in [0.3, 0.4) is 0 Å². The maximum atomic E-state index is 10.9. The van der Waals surface area contributed by atoms with Gasteiger partial charge in [0.2, 0.25) is 0 Å². The van der Waals surface area contributed by atoms with Gasteiger partial charge in [-0.3, -0.25) is 4.90 Å². The molecule has 1 aliphatic carbocycles. The van der Waals surface area contributed by atoms with Crippen molar-refractivity contribution < 1.29 is 9.90 Å². The van der Waals surface area contributed by atoms with Crippen LogP contribution >= 0.6 is 0 Å². The van der Waals surface area contributed by atoms with Gasteiger partial charge in [-0.15, -0.1) is 0 Å². The third kappa shape index (κ3) is 1.50. The van der Waals surface area contributed by atoms with Crippen LogP contribution in [-0.4, -0.2) is 20.7 Å². The summed E-state index contributed by atoms with van der Waals surface area (Å²) in [4.78, 5) is 12.0. The zero-order valence-electron chi connectivity index (χ0n) is 8.95. The van der Waals surface area contributed by atoms with Crippen LogP contribution < -0.4 is 10.7 Å². The van der Waals surface area contributed by atoms with Gasteiger partial charge >= 0.3 is 6.09 Å². The van der Waals surface area contributed by atoms with Crippen LogP contribution in [0.2, 0.25) is 0 Å². The Morgan fingerprint density at radius 1 is 1.18 bits per heavy atom. The predicted octanol–water partition coefficient (Wildman–Crippen LogP) is 1.01. The second-order valence-corrected chi connectivity index (χ2v) is 3.81. The van der Waals surface area contributed by atoms with Gasteiger partial charge in [-0.1, -0.05) is 24.3 Å². The molecule has 1 N–H and O–H groups in total. The first-order valence-electron chi connectivity index (χ1n) is 5.23. The number of fused-ring (bicyclic) bond motifs is 3. The first-order chi connectivity index (χ1) is 8.25. The molecule has 0 radical (unpaired) electrons. The van der Waals surface area contributed by atoms with Crippen molar-refractivity contribution in [2.45, 2.75) is 0 Å². The minimum Gasteiger partial charge on any atom is -0.464 e. The first kappa shape index (κ1) is 9.72. The molecule has 1 aromatic rings. The molecule has 84 valence electrons. The summed E-state index contributed by atoms with van der Waals surface area (Å²) in [5, 5.41) is 10.8. The van der Waals surface area contributed by atoms with Crippen molar-refractivity contribution >= 4 is 30.6 Å². The normalized spacial score (nSPS) is 15.6. The van der Waals surface area contributed by atoms with Crippen molar-refractivity contribution in [1.82, 2.24) is 9.47 Å². The number of hydrogen-bond acceptors (Lipinski definition) is 1. The highest BCUT2D eigenvalue weighted by molar-refractivity contribution is 5.73. The highest BCUT2D eigenvalue weighted by Crippen LogP contribution is 2.03. The van der Waals surface area contributed by atoms with Crippen LogP contribution in [0.5, 0.6) is 0 Å². The van der Waals surface area contributed by atoms with Gasteiger partial charge in [0.1, 0.15) is 0 Å². The molecular formula is C13H10N2O2. The molecule has 4 nitrogen and oxygen atoms in total. The van der Waals surface area contributed by atoms with Crippen molar-refractivity contribution in [1.29, 1.82) is 0 Å². The number of carbonyl (C=O) groups is 1. The van der Waals surface area contributed by atoms with E-state index in [1.165, 1.54) is 6.20 Å². The quantitative estimate of drug-likeness (QED) is 0.717. The average molecular weight is 226 g/mol. The maximum Gasteiger partial charge on any atom is 0.415 e. The SMILES string of the molecule is O=C(O)N1C=Cn2c(cc3c2=CC=CC=C3)=C1. The van der Waals surface area contributed by atoms with E-state index in [1.807, 2.05) is 41.0 Å². The minimum absolute atomic E-state index is 0.858. The topological polar surface area (TPSA) is 45.5 Å². The lowest BCUT2D eigenvalue weighted by Gasteiger charge is -2.12. The van der Waals surface area contributed by atoms with Crippen molar-refractivity contribution in [3.63, 3.8) is 0 Å². The van der Waals surface area contributed by atoms with Gasteiger partial charge in [-0.25, -0.2) is 4.79 Å². The molecule has 0 unspecified atom stereocenters. The van der Waals surface area contributed by atoms with Crippen LogP contribution in [0.4, 0.5) is 4.79 Å². The third-order valence-corrected chi connectivity index (χ3v) is 2.76. The number of aromatic nitrogens is 1. The van der Waals surface area contributed by atoms with Crippen LogP contribution in [0, 0.1) is 0 Å². The van der Waals surface area contributed by atoms with Crippen molar-refractivity contribution in [3.05, 3.63) is 46.8 Å². The van der Waals surface area contributed by atoms with Gasteiger partial charge in [-0.05, 0) is 12.1 Å². The molecule has 4 heteroatoms. The zero-order chi connectivity index (χ0) is 11.8. The average Bonchev–Trinajstić information content (AvgIpc) is 2.50. The van der Waals surface area contributed by atoms with E-state index in [0.717, 1.165) is 21.2 Å². The summed E-state index contributed by atoms with van der Waals surface area (Å²) in [6, 6.07) is 1.97. The van der Waals surface area contributed by atoms with Crippen LogP contribution in [0.15, 0.2) is 30.5 Å². The van der Waals surface area contributed by atoms with Gasteiger partial charge in [0.05, 0.1) is 10.7 Å². The van der Waals surface area contributed by atoms with Gasteiger partial charge in [0.25, 0.3) is 0 Å². The Balaban J connectivity index is 2.27. The smallest absolute Gasteiger partial charge is 0.415 e. The molecule has 3 rings (SSSR count). The molecule has 0 aromatic carbocycles. The first-order valence-corrected chi connectivity index (χ1v) is 5.23. The minimum atomic E-state index is -0.983. The molecule has 1 aliphatic heterocycles.